The predicted molar refractivity (Wildman–Crippen MR) is 92.1 cm³/mol. The highest BCUT2D eigenvalue weighted by Gasteiger charge is 2.14. The normalized spacial score (nSPS) is 11.1. The molecule has 1 aromatic carbocycles. The molecule has 0 aliphatic heterocycles. The number of aromatic nitrogens is 2. The lowest BCUT2D eigenvalue weighted by Crippen LogP contribution is -2.16. The molecule has 0 unspecified atom stereocenters. The Kier molecular flexibility index (Phi) is 4.69. The van der Waals surface area contributed by atoms with Crippen LogP contribution in [0.25, 0.3) is 5.69 Å². The molecule has 0 radical (unpaired) electrons. The summed E-state index contributed by atoms with van der Waals surface area (Å²) in [7, 11) is 0. The molecule has 24 heavy (non-hydrogen) atoms. The minimum Gasteiger partial charge on any atom is -0.459 e. The number of amides is 1. The molecule has 0 bridgehead atoms. The standard InChI is InChI=1S/C16H12Cl2N4O2/c1-10-13(9-19-20-16(23)14-6-3-7-24-14)15(18)22(21-10)12-5-2-4-11(17)8-12/h2-9H,1H3,(H,20,23)/b19-9+. The maximum atomic E-state index is 11.7. The van der Waals surface area contributed by atoms with Crippen molar-refractivity contribution in [3.8, 4) is 5.69 Å². The molecule has 0 atom stereocenters. The van der Waals surface area contributed by atoms with Gasteiger partial charge in [-0.2, -0.15) is 10.2 Å². The van der Waals surface area contributed by atoms with E-state index in [9.17, 15) is 4.79 Å². The monoisotopic (exact) mass is 362 g/mol. The Morgan fingerprint density at radius 3 is 2.88 bits per heavy atom. The van der Waals surface area contributed by atoms with Gasteiger partial charge in [-0.15, -0.1) is 0 Å². The highest BCUT2D eigenvalue weighted by molar-refractivity contribution is 6.32. The van der Waals surface area contributed by atoms with Crippen molar-refractivity contribution < 1.29 is 9.21 Å². The van der Waals surface area contributed by atoms with E-state index in [-0.39, 0.29) is 5.76 Å². The van der Waals surface area contributed by atoms with Crippen LogP contribution in [0.3, 0.4) is 0 Å². The van der Waals surface area contributed by atoms with Gasteiger partial charge >= 0.3 is 5.91 Å². The molecule has 2 heterocycles. The molecule has 1 amide bonds. The van der Waals surface area contributed by atoms with E-state index in [1.807, 2.05) is 12.1 Å². The summed E-state index contributed by atoms with van der Waals surface area (Å²) in [5.74, 6) is -0.281. The Bertz CT molecular complexity index is 901. The Labute approximate surface area is 147 Å². The molecule has 0 spiro atoms. The van der Waals surface area contributed by atoms with Gasteiger partial charge in [-0.3, -0.25) is 4.79 Å². The van der Waals surface area contributed by atoms with Crippen molar-refractivity contribution in [1.82, 2.24) is 15.2 Å². The molecule has 0 aliphatic carbocycles. The minimum atomic E-state index is -0.452. The van der Waals surface area contributed by atoms with Gasteiger partial charge in [0.25, 0.3) is 0 Å². The second kappa shape index (κ2) is 6.90. The van der Waals surface area contributed by atoms with E-state index in [4.69, 9.17) is 27.6 Å². The lowest BCUT2D eigenvalue weighted by molar-refractivity contribution is 0.0927. The summed E-state index contributed by atoms with van der Waals surface area (Å²) in [6.45, 7) is 1.79. The van der Waals surface area contributed by atoms with E-state index in [2.05, 4.69) is 15.6 Å². The molecule has 3 aromatic rings. The van der Waals surface area contributed by atoms with Crippen LogP contribution in [0.15, 0.2) is 52.2 Å². The number of hydrogen-bond donors (Lipinski definition) is 1. The third-order valence-electron chi connectivity index (χ3n) is 3.21. The highest BCUT2D eigenvalue weighted by Crippen LogP contribution is 2.23. The number of furan rings is 1. The largest absolute Gasteiger partial charge is 0.459 e. The summed E-state index contributed by atoms with van der Waals surface area (Å²) in [4.78, 5) is 11.7. The predicted octanol–water partition coefficient (Wildman–Crippen LogP) is 3.84. The molecular weight excluding hydrogens is 351 g/mol. The maximum Gasteiger partial charge on any atom is 0.307 e. The first-order chi connectivity index (χ1) is 11.6. The molecule has 6 nitrogen and oxygen atoms in total. The first kappa shape index (κ1) is 16.3. The summed E-state index contributed by atoms with van der Waals surface area (Å²) in [6, 6.07) is 10.3. The lowest BCUT2D eigenvalue weighted by atomic mass is 10.3. The number of nitrogens with one attached hydrogen (secondary N) is 1. The van der Waals surface area contributed by atoms with Crippen LogP contribution in [0.4, 0.5) is 0 Å². The third kappa shape index (κ3) is 3.34. The zero-order valence-corrected chi connectivity index (χ0v) is 14.0. The molecule has 0 fully saturated rings. The number of carbonyl (C=O) groups is 1. The smallest absolute Gasteiger partial charge is 0.307 e. The summed E-state index contributed by atoms with van der Waals surface area (Å²) < 4.78 is 6.53. The Morgan fingerprint density at radius 1 is 1.33 bits per heavy atom. The van der Waals surface area contributed by atoms with Crippen molar-refractivity contribution in [2.45, 2.75) is 6.92 Å². The van der Waals surface area contributed by atoms with E-state index in [1.54, 1.807) is 35.9 Å². The summed E-state index contributed by atoms with van der Waals surface area (Å²) in [6.07, 6.45) is 2.85. The van der Waals surface area contributed by atoms with Gasteiger partial charge in [0.1, 0.15) is 5.15 Å². The average Bonchev–Trinajstić information content (AvgIpc) is 3.18. The fraction of sp³-hybridized carbons (Fsp3) is 0.0625. The summed E-state index contributed by atoms with van der Waals surface area (Å²) in [5.41, 5.74) is 4.35. The third-order valence-corrected chi connectivity index (χ3v) is 3.80. The summed E-state index contributed by atoms with van der Waals surface area (Å²) in [5, 5.41) is 9.22. The van der Waals surface area contributed by atoms with Gasteiger partial charge < -0.3 is 4.42 Å². The van der Waals surface area contributed by atoms with E-state index >= 15 is 0 Å². The number of benzene rings is 1. The van der Waals surface area contributed by atoms with Gasteiger partial charge in [0.05, 0.1) is 29.4 Å². The van der Waals surface area contributed by atoms with Crippen LogP contribution in [-0.2, 0) is 0 Å². The van der Waals surface area contributed by atoms with E-state index < -0.39 is 5.91 Å². The van der Waals surface area contributed by atoms with Crippen LogP contribution in [0, 0.1) is 6.92 Å². The van der Waals surface area contributed by atoms with Crippen LogP contribution < -0.4 is 5.43 Å². The molecular formula is C16H12Cl2N4O2. The first-order valence-electron chi connectivity index (χ1n) is 6.94. The SMILES string of the molecule is Cc1nn(-c2cccc(Cl)c2)c(Cl)c1/C=N/NC(=O)c1ccco1. The molecule has 0 saturated carbocycles. The number of hydrogen-bond acceptors (Lipinski definition) is 4. The zero-order chi connectivity index (χ0) is 17.1. The van der Waals surface area contributed by atoms with Crippen molar-refractivity contribution >= 4 is 35.3 Å². The second-order valence-electron chi connectivity index (χ2n) is 4.86. The quantitative estimate of drug-likeness (QED) is 0.565. The van der Waals surface area contributed by atoms with Gasteiger partial charge in [0.15, 0.2) is 5.76 Å². The van der Waals surface area contributed by atoms with Crippen molar-refractivity contribution in [2.75, 3.05) is 0 Å². The van der Waals surface area contributed by atoms with E-state index in [0.29, 0.717) is 21.4 Å². The van der Waals surface area contributed by atoms with Crippen LogP contribution in [0.2, 0.25) is 10.2 Å². The maximum absolute atomic E-state index is 11.7. The van der Waals surface area contributed by atoms with E-state index in [1.165, 1.54) is 12.5 Å². The van der Waals surface area contributed by atoms with Crippen LogP contribution in [-0.4, -0.2) is 21.9 Å². The van der Waals surface area contributed by atoms with Crippen LogP contribution >= 0.6 is 23.2 Å². The van der Waals surface area contributed by atoms with Crippen LogP contribution in [0.1, 0.15) is 21.8 Å². The van der Waals surface area contributed by atoms with Crippen molar-refractivity contribution in [3.63, 3.8) is 0 Å². The highest BCUT2D eigenvalue weighted by atomic mass is 35.5. The van der Waals surface area contributed by atoms with Crippen molar-refractivity contribution in [2.24, 2.45) is 5.10 Å². The zero-order valence-electron chi connectivity index (χ0n) is 12.5. The first-order valence-corrected chi connectivity index (χ1v) is 7.70. The number of nitrogens with zero attached hydrogens (tertiary/aromatic N) is 3. The van der Waals surface area contributed by atoms with E-state index in [0.717, 1.165) is 5.69 Å². The van der Waals surface area contributed by atoms with Gasteiger partial charge in [0.2, 0.25) is 0 Å². The number of carbonyl (C=O) groups excluding carboxylic acids is 1. The minimum absolute atomic E-state index is 0.171. The van der Waals surface area contributed by atoms with Crippen molar-refractivity contribution in [3.05, 3.63) is 69.9 Å². The Morgan fingerprint density at radius 2 is 2.17 bits per heavy atom. The summed E-state index contributed by atoms with van der Waals surface area (Å²) >= 11 is 12.4. The van der Waals surface area contributed by atoms with Gasteiger partial charge in [-0.1, -0.05) is 29.3 Å². The molecule has 8 heteroatoms. The van der Waals surface area contributed by atoms with Gasteiger partial charge in [-0.05, 0) is 37.3 Å². The molecule has 122 valence electrons. The molecule has 0 saturated heterocycles. The Hall–Kier alpha value is -2.57. The second-order valence-corrected chi connectivity index (χ2v) is 5.65. The fourth-order valence-corrected chi connectivity index (χ4v) is 2.56. The lowest BCUT2D eigenvalue weighted by Gasteiger charge is -2.03. The number of halogens is 2. The number of aryl methyl sites for hydroxylation is 1. The molecule has 1 N–H and O–H groups in total. The number of hydrazone groups is 1. The van der Waals surface area contributed by atoms with Gasteiger partial charge in [-0.25, -0.2) is 10.1 Å². The molecule has 3 rings (SSSR count). The molecule has 2 aromatic heterocycles. The Balaban J connectivity index is 1.82. The van der Waals surface area contributed by atoms with Crippen molar-refractivity contribution in [1.29, 1.82) is 0 Å². The average molecular weight is 363 g/mol. The topological polar surface area (TPSA) is 72.4 Å². The van der Waals surface area contributed by atoms with Crippen LogP contribution in [0.5, 0.6) is 0 Å². The number of rotatable bonds is 4. The van der Waals surface area contributed by atoms with Gasteiger partial charge in [0, 0.05) is 5.02 Å². The molecule has 0 aliphatic rings. The fourth-order valence-electron chi connectivity index (χ4n) is 2.06.